The Hall–Kier alpha value is -2.53. The minimum absolute atomic E-state index is 0.0341. The first-order valence-electron chi connectivity index (χ1n) is 7.90. The Kier molecular flexibility index (Phi) is 6.42. The highest BCUT2D eigenvalue weighted by Gasteiger charge is 2.06. The van der Waals surface area contributed by atoms with Crippen molar-refractivity contribution in [3.8, 4) is 0 Å². The molecular weight excluding hydrogens is 332 g/mol. The fourth-order valence-electron chi connectivity index (χ4n) is 2.16. The third-order valence-corrected chi connectivity index (χ3v) is 4.58. The molecule has 0 aliphatic heterocycles. The van der Waals surface area contributed by atoms with E-state index in [2.05, 4.69) is 11.4 Å². The van der Waals surface area contributed by atoms with Crippen LogP contribution in [0.3, 0.4) is 0 Å². The molecule has 5 heteroatoms. The van der Waals surface area contributed by atoms with Crippen molar-refractivity contribution < 1.29 is 9.59 Å². The predicted molar refractivity (Wildman–Crippen MR) is 105 cm³/mol. The minimum atomic E-state index is -0.190. The van der Waals surface area contributed by atoms with Crippen LogP contribution in [0, 0.1) is 13.8 Å². The van der Waals surface area contributed by atoms with Gasteiger partial charge in [0.05, 0.1) is 0 Å². The number of benzene rings is 2. The molecule has 0 radical (unpaired) electrons. The molecule has 1 N–H and O–H groups in total. The molecule has 25 heavy (non-hydrogen) atoms. The summed E-state index contributed by atoms with van der Waals surface area (Å²) in [4.78, 5) is 26.1. The van der Waals surface area contributed by atoms with E-state index >= 15 is 0 Å². The zero-order valence-corrected chi connectivity index (χ0v) is 15.7. The summed E-state index contributed by atoms with van der Waals surface area (Å²) in [6, 6.07) is 13.3. The van der Waals surface area contributed by atoms with Gasteiger partial charge in [0.2, 0.25) is 5.91 Å². The monoisotopic (exact) mass is 354 g/mol. The molecule has 0 aliphatic rings. The van der Waals surface area contributed by atoms with Crippen LogP contribution in [0.2, 0.25) is 0 Å². The molecule has 2 amide bonds. The second-order valence-electron chi connectivity index (χ2n) is 5.97. The smallest absolute Gasteiger partial charge is 0.285 e. The number of aryl methyl sites for hydroxylation is 2. The largest absolute Gasteiger partial charge is 0.339 e. The molecule has 0 aromatic heterocycles. The Bertz CT molecular complexity index is 796. The minimum Gasteiger partial charge on any atom is -0.339 e. The maximum absolute atomic E-state index is 12.1. The van der Waals surface area contributed by atoms with Gasteiger partial charge in [-0.25, -0.2) is 0 Å². The first-order valence-corrected chi connectivity index (χ1v) is 8.72. The fourth-order valence-corrected chi connectivity index (χ4v) is 2.82. The molecule has 2 aromatic rings. The molecule has 0 unspecified atom stereocenters. The van der Waals surface area contributed by atoms with Crippen molar-refractivity contribution in [1.29, 1.82) is 0 Å². The van der Waals surface area contributed by atoms with Crippen molar-refractivity contribution >= 4 is 34.7 Å². The van der Waals surface area contributed by atoms with Crippen molar-refractivity contribution in [2.45, 2.75) is 18.7 Å². The van der Waals surface area contributed by atoms with Crippen LogP contribution in [0.25, 0.3) is 6.08 Å². The molecule has 0 heterocycles. The summed E-state index contributed by atoms with van der Waals surface area (Å²) in [5.41, 5.74) is 4.05. The summed E-state index contributed by atoms with van der Waals surface area (Å²) < 4.78 is 0. The number of rotatable bonds is 4. The zero-order chi connectivity index (χ0) is 18.4. The van der Waals surface area contributed by atoms with Crippen LogP contribution in [-0.4, -0.2) is 30.1 Å². The summed E-state index contributed by atoms with van der Waals surface area (Å²) in [6.45, 7) is 4.07. The van der Waals surface area contributed by atoms with Gasteiger partial charge in [0.15, 0.2) is 0 Å². The van der Waals surface area contributed by atoms with Crippen molar-refractivity contribution in [2.24, 2.45) is 0 Å². The first-order chi connectivity index (χ1) is 11.8. The van der Waals surface area contributed by atoms with Crippen LogP contribution < -0.4 is 5.32 Å². The molecule has 4 nitrogen and oxygen atoms in total. The molecule has 2 aromatic carbocycles. The molecular formula is C20H22N2O2S. The summed E-state index contributed by atoms with van der Waals surface area (Å²) in [5, 5.41) is 2.78. The predicted octanol–water partition coefficient (Wildman–Crippen LogP) is 4.73. The van der Waals surface area contributed by atoms with Gasteiger partial charge >= 0.3 is 0 Å². The van der Waals surface area contributed by atoms with E-state index in [0.717, 1.165) is 27.8 Å². The zero-order valence-electron chi connectivity index (χ0n) is 14.9. The maximum Gasteiger partial charge on any atom is 0.285 e. The highest BCUT2D eigenvalue weighted by molar-refractivity contribution is 8.13. The molecule has 130 valence electrons. The highest BCUT2D eigenvalue weighted by atomic mass is 32.2. The normalized spacial score (nSPS) is 10.7. The second kappa shape index (κ2) is 8.53. The molecule has 0 saturated carbocycles. The number of thioether (sulfide) groups is 1. The average Bonchev–Trinajstić information content (AvgIpc) is 2.55. The van der Waals surface area contributed by atoms with E-state index in [0.29, 0.717) is 5.69 Å². The van der Waals surface area contributed by atoms with Crippen LogP contribution in [-0.2, 0) is 4.79 Å². The lowest BCUT2D eigenvalue weighted by Crippen LogP contribution is -2.16. The van der Waals surface area contributed by atoms with Crippen molar-refractivity contribution in [1.82, 2.24) is 4.90 Å². The van der Waals surface area contributed by atoms with Gasteiger partial charge in [0, 0.05) is 30.8 Å². The summed E-state index contributed by atoms with van der Waals surface area (Å²) >= 11 is 1.15. The quantitative estimate of drug-likeness (QED) is 0.638. The van der Waals surface area contributed by atoms with Gasteiger partial charge in [0.25, 0.3) is 5.24 Å². The fraction of sp³-hybridized carbons (Fsp3) is 0.200. The van der Waals surface area contributed by atoms with Gasteiger partial charge in [-0.15, -0.1) is 0 Å². The second-order valence-corrected chi connectivity index (χ2v) is 6.99. The van der Waals surface area contributed by atoms with Gasteiger partial charge < -0.3 is 10.2 Å². The Morgan fingerprint density at radius 1 is 1.04 bits per heavy atom. The number of hydrogen-bond donors (Lipinski definition) is 1. The Morgan fingerprint density at radius 2 is 1.72 bits per heavy atom. The SMILES string of the molecule is Cc1ccc(/C=C/C(=O)Nc2ccc(SC(=O)N(C)C)cc2)c(C)c1. The number of hydrogen-bond acceptors (Lipinski definition) is 3. The van der Waals surface area contributed by atoms with Crippen LogP contribution in [0.4, 0.5) is 10.5 Å². The average molecular weight is 354 g/mol. The molecule has 0 atom stereocenters. The van der Waals surface area contributed by atoms with Crippen molar-refractivity contribution in [2.75, 3.05) is 19.4 Å². The number of nitrogens with one attached hydrogen (secondary N) is 1. The van der Waals surface area contributed by atoms with E-state index in [4.69, 9.17) is 0 Å². The lowest BCUT2D eigenvalue weighted by molar-refractivity contribution is -0.111. The molecule has 2 rings (SSSR count). The number of amides is 2. The van der Waals surface area contributed by atoms with Crippen molar-refractivity contribution in [3.63, 3.8) is 0 Å². The maximum atomic E-state index is 12.1. The van der Waals surface area contributed by atoms with Gasteiger partial charge in [0.1, 0.15) is 0 Å². The number of nitrogens with zero attached hydrogens (tertiary/aromatic N) is 1. The van der Waals surface area contributed by atoms with Gasteiger partial charge in [-0.3, -0.25) is 9.59 Å². The third kappa shape index (κ3) is 5.80. The lowest BCUT2D eigenvalue weighted by atomic mass is 10.1. The van der Waals surface area contributed by atoms with E-state index in [9.17, 15) is 9.59 Å². The molecule has 0 saturated heterocycles. The first kappa shape index (κ1) is 18.8. The molecule has 0 fully saturated rings. The van der Waals surface area contributed by atoms with E-state index in [-0.39, 0.29) is 11.1 Å². The third-order valence-electron chi connectivity index (χ3n) is 3.53. The standard InChI is InChI=1S/C20H22N2O2S/c1-14-5-6-16(15(2)13-14)7-12-19(23)21-17-8-10-18(11-9-17)25-20(24)22(3)4/h5-13H,1-4H3,(H,21,23)/b12-7+. The summed E-state index contributed by atoms with van der Waals surface area (Å²) in [6.07, 6.45) is 3.33. The van der Waals surface area contributed by atoms with E-state index in [1.54, 1.807) is 26.2 Å². The van der Waals surface area contributed by atoms with Crippen LogP contribution in [0.5, 0.6) is 0 Å². The van der Waals surface area contributed by atoms with E-state index in [1.165, 1.54) is 16.5 Å². The van der Waals surface area contributed by atoms with Crippen LogP contribution in [0.1, 0.15) is 16.7 Å². The summed E-state index contributed by atoms with van der Waals surface area (Å²) in [5.74, 6) is -0.190. The van der Waals surface area contributed by atoms with Crippen molar-refractivity contribution in [3.05, 3.63) is 65.2 Å². The lowest BCUT2D eigenvalue weighted by Gasteiger charge is -2.09. The van der Waals surface area contributed by atoms with Gasteiger partial charge in [-0.05, 0) is 67.1 Å². The highest BCUT2D eigenvalue weighted by Crippen LogP contribution is 2.22. The van der Waals surface area contributed by atoms with Gasteiger partial charge in [-0.1, -0.05) is 23.8 Å². The van der Waals surface area contributed by atoms with E-state index < -0.39 is 0 Å². The Morgan fingerprint density at radius 3 is 2.32 bits per heavy atom. The van der Waals surface area contributed by atoms with Gasteiger partial charge in [-0.2, -0.15) is 0 Å². The molecule has 0 spiro atoms. The number of carbonyl (C=O) groups is 2. The topological polar surface area (TPSA) is 49.4 Å². The Labute approximate surface area is 152 Å². The van der Waals surface area contributed by atoms with E-state index in [1.807, 2.05) is 44.2 Å². The molecule has 0 aliphatic carbocycles. The summed E-state index contributed by atoms with van der Waals surface area (Å²) in [7, 11) is 3.43. The number of carbonyl (C=O) groups excluding carboxylic acids is 2. The molecule has 0 bridgehead atoms. The Balaban J connectivity index is 1.96. The number of anilines is 1. The van der Waals surface area contributed by atoms with Crippen LogP contribution in [0.15, 0.2) is 53.4 Å². The van der Waals surface area contributed by atoms with Crippen LogP contribution >= 0.6 is 11.8 Å².